The van der Waals surface area contributed by atoms with Crippen LogP contribution in [-0.2, 0) is 11.2 Å². The Kier molecular flexibility index (Phi) is 6.54. The summed E-state index contributed by atoms with van der Waals surface area (Å²) >= 11 is 0. The summed E-state index contributed by atoms with van der Waals surface area (Å²) in [5.74, 6) is 0.103. The van der Waals surface area contributed by atoms with Crippen LogP contribution in [0, 0.1) is 0 Å². The lowest BCUT2D eigenvalue weighted by atomic mass is 10.00. The number of Topliss-reactive ketones (excluding diaryl/α,β-unsaturated/α-hetero) is 1. The van der Waals surface area contributed by atoms with Crippen LogP contribution < -0.4 is 0 Å². The smallest absolute Gasteiger partial charge is 0.159 e. The van der Waals surface area contributed by atoms with Crippen molar-refractivity contribution in [1.82, 2.24) is 0 Å². The first-order chi connectivity index (χ1) is 11.1. The fourth-order valence-corrected chi connectivity index (χ4v) is 2.53. The summed E-state index contributed by atoms with van der Waals surface area (Å²) in [5, 5.41) is 0. The summed E-state index contributed by atoms with van der Waals surface area (Å²) in [6.07, 6.45) is 3.47. The van der Waals surface area contributed by atoms with Crippen LogP contribution in [0.2, 0.25) is 0 Å². The minimum atomic E-state index is 0.103. The van der Waals surface area contributed by atoms with Gasteiger partial charge in [0.2, 0.25) is 0 Å². The van der Waals surface area contributed by atoms with Gasteiger partial charge in [-0.05, 0) is 49.8 Å². The van der Waals surface area contributed by atoms with E-state index < -0.39 is 0 Å². The van der Waals surface area contributed by atoms with Crippen molar-refractivity contribution in [3.63, 3.8) is 0 Å². The second-order valence-corrected chi connectivity index (χ2v) is 6.05. The first kappa shape index (κ1) is 17.4. The van der Waals surface area contributed by atoms with Crippen molar-refractivity contribution in [2.45, 2.75) is 46.1 Å². The molecule has 2 aromatic carbocycles. The van der Waals surface area contributed by atoms with Gasteiger partial charge in [-0.25, -0.2) is 0 Å². The molecule has 23 heavy (non-hydrogen) atoms. The standard InChI is InChI=1S/C21H26O2/c1-4-15-23-16(2)5-6-18-7-9-20(10-8-18)21-13-11-19(12-14-21)17(3)22/h7-14,16H,4-6,15H2,1-3H3. The number of benzene rings is 2. The summed E-state index contributed by atoms with van der Waals surface area (Å²) in [4.78, 5) is 11.3. The molecule has 0 aliphatic carbocycles. The lowest BCUT2D eigenvalue weighted by Crippen LogP contribution is -2.09. The van der Waals surface area contributed by atoms with Gasteiger partial charge in [-0.3, -0.25) is 4.79 Å². The molecule has 0 heterocycles. The highest BCUT2D eigenvalue weighted by Gasteiger charge is 2.04. The number of hydrogen-bond acceptors (Lipinski definition) is 2. The molecule has 0 spiro atoms. The molecule has 0 saturated carbocycles. The molecule has 0 bridgehead atoms. The molecule has 0 aromatic heterocycles. The SMILES string of the molecule is CCCOC(C)CCc1ccc(-c2ccc(C(C)=O)cc2)cc1. The number of carbonyl (C=O) groups excluding carboxylic acids is 1. The van der Waals surface area contributed by atoms with E-state index in [2.05, 4.69) is 38.1 Å². The fourth-order valence-electron chi connectivity index (χ4n) is 2.53. The Bertz CT molecular complexity index is 611. The van der Waals surface area contributed by atoms with Crippen molar-refractivity contribution >= 4 is 5.78 Å². The number of carbonyl (C=O) groups is 1. The fraction of sp³-hybridized carbons (Fsp3) is 0.381. The molecule has 1 atom stereocenters. The third-order valence-corrected chi connectivity index (χ3v) is 4.02. The van der Waals surface area contributed by atoms with Crippen molar-refractivity contribution in [2.24, 2.45) is 0 Å². The molecule has 0 aliphatic heterocycles. The number of hydrogen-bond donors (Lipinski definition) is 0. The molecule has 0 N–H and O–H groups in total. The molecular formula is C21H26O2. The summed E-state index contributed by atoms with van der Waals surface area (Å²) < 4.78 is 5.71. The molecule has 0 radical (unpaired) electrons. The van der Waals surface area contributed by atoms with Gasteiger partial charge in [-0.15, -0.1) is 0 Å². The molecule has 2 nitrogen and oxygen atoms in total. The van der Waals surface area contributed by atoms with E-state index in [1.54, 1.807) is 6.92 Å². The van der Waals surface area contributed by atoms with Crippen molar-refractivity contribution < 1.29 is 9.53 Å². The lowest BCUT2D eigenvalue weighted by molar-refractivity contribution is 0.0610. The third kappa shape index (κ3) is 5.33. The molecule has 122 valence electrons. The Morgan fingerprint density at radius 1 is 1.00 bits per heavy atom. The maximum atomic E-state index is 11.3. The van der Waals surface area contributed by atoms with Crippen LogP contribution in [0.1, 0.15) is 49.5 Å². The molecule has 0 fully saturated rings. The van der Waals surface area contributed by atoms with Crippen molar-refractivity contribution in [3.05, 3.63) is 59.7 Å². The van der Waals surface area contributed by atoms with Crippen molar-refractivity contribution in [1.29, 1.82) is 0 Å². The first-order valence-electron chi connectivity index (χ1n) is 8.42. The van der Waals surface area contributed by atoms with E-state index in [4.69, 9.17) is 4.74 Å². The highest BCUT2D eigenvalue weighted by atomic mass is 16.5. The van der Waals surface area contributed by atoms with E-state index in [1.807, 2.05) is 24.3 Å². The number of aryl methyl sites for hydroxylation is 1. The van der Waals surface area contributed by atoms with Crippen LogP contribution in [0.25, 0.3) is 11.1 Å². The molecule has 2 aromatic rings. The third-order valence-electron chi connectivity index (χ3n) is 4.02. The molecule has 0 aliphatic rings. The zero-order valence-electron chi connectivity index (χ0n) is 14.3. The van der Waals surface area contributed by atoms with Crippen LogP contribution in [0.4, 0.5) is 0 Å². The van der Waals surface area contributed by atoms with E-state index in [0.717, 1.165) is 37.0 Å². The summed E-state index contributed by atoms with van der Waals surface area (Å²) in [6, 6.07) is 16.4. The van der Waals surface area contributed by atoms with Gasteiger partial charge in [0.05, 0.1) is 6.10 Å². The molecule has 1 unspecified atom stereocenters. The van der Waals surface area contributed by atoms with E-state index in [1.165, 1.54) is 11.1 Å². The van der Waals surface area contributed by atoms with Crippen LogP contribution in [0.15, 0.2) is 48.5 Å². The van der Waals surface area contributed by atoms with Gasteiger partial charge in [-0.1, -0.05) is 55.5 Å². The molecular weight excluding hydrogens is 284 g/mol. The second kappa shape index (κ2) is 8.64. The van der Waals surface area contributed by atoms with Gasteiger partial charge in [0.15, 0.2) is 5.78 Å². The summed E-state index contributed by atoms with van der Waals surface area (Å²) in [5.41, 5.74) is 4.41. The van der Waals surface area contributed by atoms with Crippen molar-refractivity contribution in [3.8, 4) is 11.1 Å². The molecule has 2 heteroatoms. The Hall–Kier alpha value is -1.93. The monoisotopic (exact) mass is 310 g/mol. The van der Waals surface area contributed by atoms with E-state index in [-0.39, 0.29) is 5.78 Å². The largest absolute Gasteiger partial charge is 0.379 e. The second-order valence-electron chi connectivity index (χ2n) is 6.05. The van der Waals surface area contributed by atoms with E-state index in [0.29, 0.717) is 6.10 Å². The molecule has 0 saturated heterocycles. The van der Waals surface area contributed by atoms with Gasteiger partial charge in [0.1, 0.15) is 0 Å². The van der Waals surface area contributed by atoms with Gasteiger partial charge in [-0.2, -0.15) is 0 Å². The summed E-state index contributed by atoms with van der Waals surface area (Å²) in [6.45, 7) is 6.71. The van der Waals surface area contributed by atoms with Crippen LogP contribution >= 0.6 is 0 Å². The van der Waals surface area contributed by atoms with E-state index in [9.17, 15) is 4.79 Å². The Labute approximate surface area is 139 Å². The zero-order valence-corrected chi connectivity index (χ0v) is 14.3. The van der Waals surface area contributed by atoms with Crippen molar-refractivity contribution in [2.75, 3.05) is 6.61 Å². The van der Waals surface area contributed by atoms with E-state index >= 15 is 0 Å². The maximum absolute atomic E-state index is 11.3. The highest BCUT2D eigenvalue weighted by molar-refractivity contribution is 5.94. The van der Waals surface area contributed by atoms with Crippen LogP contribution in [0.3, 0.4) is 0 Å². The normalized spacial score (nSPS) is 12.1. The van der Waals surface area contributed by atoms with Crippen LogP contribution in [0.5, 0.6) is 0 Å². The van der Waals surface area contributed by atoms with Gasteiger partial charge in [0.25, 0.3) is 0 Å². The molecule has 0 amide bonds. The quantitative estimate of drug-likeness (QED) is 0.618. The Morgan fingerprint density at radius 2 is 1.57 bits per heavy atom. The molecule has 2 rings (SSSR count). The lowest BCUT2D eigenvalue weighted by Gasteiger charge is -2.12. The predicted molar refractivity (Wildman–Crippen MR) is 95.9 cm³/mol. The minimum Gasteiger partial charge on any atom is -0.379 e. The van der Waals surface area contributed by atoms with Gasteiger partial charge < -0.3 is 4.74 Å². The van der Waals surface area contributed by atoms with Gasteiger partial charge in [0, 0.05) is 12.2 Å². The highest BCUT2D eigenvalue weighted by Crippen LogP contribution is 2.21. The Balaban J connectivity index is 1.95. The number of ketones is 1. The first-order valence-corrected chi connectivity index (χ1v) is 8.42. The number of ether oxygens (including phenoxy) is 1. The predicted octanol–water partition coefficient (Wildman–Crippen LogP) is 5.30. The zero-order chi connectivity index (χ0) is 16.7. The average Bonchev–Trinajstić information content (AvgIpc) is 2.58. The Morgan fingerprint density at radius 3 is 2.09 bits per heavy atom. The van der Waals surface area contributed by atoms with Crippen LogP contribution in [-0.4, -0.2) is 18.5 Å². The summed E-state index contributed by atoms with van der Waals surface area (Å²) in [7, 11) is 0. The number of rotatable bonds is 8. The van der Waals surface area contributed by atoms with Gasteiger partial charge >= 0.3 is 0 Å². The average molecular weight is 310 g/mol. The maximum Gasteiger partial charge on any atom is 0.159 e. The topological polar surface area (TPSA) is 26.3 Å². The minimum absolute atomic E-state index is 0.103.